The Morgan fingerprint density at radius 1 is 1.09 bits per heavy atom. The first-order chi connectivity index (χ1) is 11.3. The number of carbonyl (C=O) groups is 1. The SMILES string of the molecule is O=C(Nc1ccc2c(c1)CCN2)Nc1ccnc2ccccc12. The van der Waals surface area contributed by atoms with Gasteiger partial charge < -0.3 is 16.0 Å². The molecule has 114 valence electrons. The minimum absolute atomic E-state index is 0.257. The van der Waals surface area contributed by atoms with Crippen molar-refractivity contribution in [1.82, 2.24) is 4.98 Å². The van der Waals surface area contributed by atoms with E-state index in [2.05, 4.69) is 20.9 Å². The number of amides is 2. The molecule has 3 aromatic rings. The van der Waals surface area contributed by atoms with E-state index in [4.69, 9.17) is 0 Å². The largest absolute Gasteiger partial charge is 0.384 e. The molecule has 0 aliphatic carbocycles. The Labute approximate surface area is 133 Å². The summed E-state index contributed by atoms with van der Waals surface area (Å²) in [6.45, 7) is 0.952. The average Bonchev–Trinajstić information content (AvgIpc) is 3.03. The lowest BCUT2D eigenvalue weighted by Crippen LogP contribution is -2.19. The van der Waals surface area contributed by atoms with Crippen molar-refractivity contribution in [2.24, 2.45) is 0 Å². The van der Waals surface area contributed by atoms with Crippen LogP contribution in [0.2, 0.25) is 0 Å². The smallest absolute Gasteiger partial charge is 0.323 e. The average molecular weight is 304 g/mol. The monoisotopic (exact) mass is 304 g/mol. The number of fused-ring (bicyclic) bond motifs is 2. The van der Waals surface area contributed by atoms with Gasteiger partial charge in [0.05, 0.1) is 11.2 Å². The summed E-state index contributed by atoms with van der Waals surface area (Å²) >= 11 is 0. The fourth-order valence-electron chi connectivity index (χ4n) is 2.87. The second kappa shape index (κ2) is 5.61. The number of nitrogens with one attached hydrogen (secondary N) is 3. The van der Waals surface area contributed by atoms with Gasteiger partial charge in [-0.1, -0.05) is 18.2 Å². The maximum atomic E-state index is 12.3. The number of rotatable bonds is 2. The minimum Gasteiger partial charge on any atom is -0.384 e. The van der Waals surface area contributed by atoms with Crippen LogP contribution in [-0.2, 0) is 6.42 Å². The number of aromatic nitrogens is 1. The Hall–Kier alpha value is -3.08. The third-order valence-corrected chi connectivity index (χ3v) is 3.97. The van der Waals surface area contributed by atoms with E-state index in [1.807, 2.05) is 42.5 Å². The van der Waals surface area contributed by atoms with Gasteiger partial charge in [0.2, 0.25) is 0 Å². The van der Waals surface area contributed by atoms with Gasteiger partial charge in [0.15, 0.2) is 0 Å². The van der Waals surface area contributed by atoms with Crippen molar-refractivity contribution >= 4 is 34.0 Å². The molecule has 0 saturated carbocycles. The Morgan fingerprint density at radius 3 is 2.96 bits per heavy atom. The van der Waals surface area contributed by atoms with Crippen LogP contribution >= 0.6 is 0 Å². The number of carbonyl (C=O) groups excluding carboxylic acids is 1. The van der Waals surface area contributed by atoms with E-state index in [0.29, 0.717) is 0 Å². The van der Waals surface area contributed by atoms with Crippen molar-refractivity contribution in [2.75, 3.05) is 22.5 Å². The molecule has 0 spiro atoms. The summed E-state index contributed by atoms with van der Waals surface area (Å²) in [5.41, 5.74) is 4.78. The molecule has 0 bridgehead atoms. The molecule has 1 aliphatic rings. The molecule has 1 aliphatic heterocycles. The second-order valence-corrected chi connectivity index (χ2v) is 5.50. The van der Waals surface area contributed by atoms with Crippen molar-refractivity contribution in [2.45, 2.75) is 6.42 Å². The van der Waals surface area contributed by atoms with Crippen molar-refractivity contribution in [3.8, 4) is 0 Å². The Morgan fingerprint density at radius 2 is 2.00 bits per heavy atom. The molecule has 2 aromatic carbocycles. The molecular formula is C18H16N4O. The van der Waals surface area contributed by atoms with Crippen LogP contribution in [0, 0.1) is 0 Å². The van der Waals surface area contributed by atoms with Gasteiger partial charge in [-0.3, -0.25) is 4.98 Å². The van der Waals surface area contributed by atoms with E-state index in [0.717, 1.165) is 40.9 Å². The van der Waals surface area contributed by atoms with Crippen LogP contribution in [0.5, 0.6) is 0 Å². The number of nitrogens with zero attached hydrogens (tertiary/aromatic N) is 1. The predicted molar refractivity (Wildman–Crippen MR) is 93.0 cm³/mol. The molecule has 3 N–H and O–H groups in total. The van der Waals surface area contributed by atoms with Gasteiger partial charge in [0.1, 0.15) is 0 Å². The van der Waals surface area contributed by atoms with E-state index in [1.54, 1.807) is 12.3 Å². The van der Waals surface area contributed by atoms with Crippen LogP contribution in [0.4, 0.5) is 21.9 Å². The molecule has 5 nitrogen and oxygen atoms in total. The third-order valence-electron chi connectivity index (χ3n) is 3.97. The highest BCUT2D eigenvalue weighted by molar-refractivity contribution is 6.05. The number of anilines is 3. The number of benzene rings is 2. The summed E-state index contributed by atoms with van der Waals surface area (Å²) in [7, 11) is 0. The van der Waals surface area contributed by atoms with Crippen molar-refractivity contribution in [3.05, 3.63) is 60.3 Å². The molecule has 2 amide bonds. The summed E-state index contributed by atoms with van der Waals surface area (Å²) < 4.78 is 0. The maximum Gasteiger partial charge on any atom is 0.323 e. The molecule has 23 heavy (non-hydrogen) atoms. The predicted octanol–water partition coefficient (Wildman–Crippen LogP) is 3.85. The van der Waals surface area contributed by atoms with Crippen LogP contribution in [-0.4, -0.2) is 17.6 Å². The minimum atomic E-state index is -0.257. The molecule has 0 saturated heterocycles. The standard InChI is InChI=1S/C18H16N4O/c23-18(21-13-5-6-15-12(11-13)7-9-19-15)22-17-8-10-20-16-4-2-1-3-14(16)17/h1-6,8,10-11,19H,7,9H2,(H2,20,21,22,23). The highest BCUT2D eigenvalue weighted by Crippen LogP contribution is 2.26. The van der Waals surface area contributed by atoms with E-state index >= 15 is 0 Å². The van der Waals surface area contributed by atoms with Gasteiger partial charge in [-0.15, -0.1) is 0 Å². The van der Waals surface area contributed by atoms with E-state index in [-0.39, 0.29) is 6.03 Å². The van der Waals surface area contributed by atoms with Crippen LogP contribution in [0.3, 0.4) is 0 Å². The lowest BCUT2D eigenvalue weighted by atomic mass is 10.1. The first kappa shape index (κ1) is 13.6. The van der Waals surface area contributed by atoms with Crippen LogP contribution in [0.25, 0.3) is 10.9 Å². The number of hydrogen-bond donors (Lipinski definition) is 3. The first-order valence-corrected chi connectivity index (χ1v) is 7.58. The molecule has 0 unspecified atom stereocenters. The third kappa shape index (κ3) is 2.68. The summed E-state index contributed by atoms with van der Waals surface area (Å²) in [6, 6.07) is 15.2. The Bertz CT molecular complexity index is 886. The number of para-hydroxylation sites is 1. The van der Waals surface area contributed by atoms with Crippen molar-refractivity contribution < 1.29 is 4.79 Å². The molecular weight excluding hydrogens is 288 g/mol. The first-order valence-electron chi connectivity index (χ1n) is 7.58. The molecule has 0 atom stereocenters. The summed E-state index contributed by atoms with van der Waals surface area (Å²) in [5, 5.41) is 10.0. The van der Waals surface area contributed by atoms with Gasteiger partial charge in [-0.2, -0.15) is 0 Å². The number of pyridine rings is 1. The zero-order chi connectivity index (χ0) is 15.6. The topological polar surface area (TPSA) is 66.1 Å². The maximum absolute atomic E-state index is 12.3. The molecule has 1 aromatic heterocycles. The quantitative estimate of drug-likeness (QED) is 0.674. The summed E-state index contributed by atoms with van der Waals surface area (Å²) in [5.74, 6) is 0. The Kier molecular flexibility index (Phi) is 3.31. The highest BCUT2D eigenvalue weighted by atomic mass is 16.2. The lowest BCUT2D eigenvalue weighted by molar-refractivity contribution is 0.262. The molecule has 0 radical (unpaired) electrons. The summed E-state index contributed by atoms with van der Waals surface area (Å²) in [4.78, 5) is 16.6. The van der Waals surface area contributed by atoms with E-state index < -0.39 is 0 Å². The lowest BCUT2D eigenvalue weighted by Gasteiger charge is -2.10. The van der Waals surface area contributed by atoms with Gasteiger partial charge in [-0.05, 0) is 42.3 Å². The van der Waals surface area contributed by atoms with Crippen LogP contribution in [0.1, 0.15) is 5.56 Å². The van der Waals surface area contributed by atoms with Crippen molar-refractivity contribution in [3.63, 3.8) is 0 Å². The van der Waals surface area contributed by atoms with Crippen LogP contribution < -0.4 is 16.0 Å². The van der Waals surface area contributed by atoms with E-state index in [9.17, 15) is 4.79 Å². The van der Waals surface area contributed by atoms with Gasteiger partial charge in [0.25, 0.3) is 0 Å². The van der Waals surface area contributed by atoms with Crippen molar-refractivity contribution in [1.29, 1.82) is 0 Å². The number of hydrogen-bond acceptors (Lipinski definition) is 3. The highest BCUT2D eigenvalue weighted by Gasteiger charge is 2.11. The fraction of sp³-hybridized carbons (Fsp3) is 0.111. The van der Waals surface area contributed by atoms with Crippen LogP contribution in [0.15, 0.2) is 54.7 Å². The second-order valence-electron chi connectivity index (χ2n) is 5.50. The van der Waals surface area contributed by atoms with Gasteiger partial charge in [0, 0.05) is 29.5 Å². The molecule has 2 heterocycles. The van der Waals surface area contributed by atoms with Gasteiger partial charge in [-0.25, -0.2) is 4.79 Å². The molecule has 5 heteroatoms. The fourth-order valence-corrected chi connectivity index (χ4v) is 2.87. The zero-order valence-electron chi connectivity index (χ0n) is 12.5. The van der Waals surface area contributed by atoms with E-state index in [1.165, 1.54) is 5.56 Å². The van der Waals surface area contributed by atoms with Gasteiger partial charge >= 0.3 is 6.03 Å². The normalized spacial score (nSPS) is 12.5. The molecule has 4 rings (SSSR count). The Balaban J connectivity index is 1.53. The molecule has 0 fully saturated rings. The summed E-state index contributed by atoms with van der Waals surface area (Å²) in [6.07, 6.45) is 2.68. The number of urea groups is 1. The zero-order valence-corrected chi connectivity index (χ0v) is 12.5.